The van der Waals surface area contributed by atoms with E-state index in [2.05, 4.69) is 50.4 Å². The van der Waals surface area contributed by atoms with Crippen molar-refractivity contribution in [2.45, 2.75) is 33.2 Å². The first kappa shape index (κ1) is 16.2. The van der Waals surface area contributed by atoms with Crippen LogP contribution in [0.4, 0.5) is 0 Å². The van der Waals surface area contributed by atoms with Gasteiger partial charge in [-0.25, -0.2) is 0 Å². The Kier molecular flexibility index (Phi) is 6.49. The predicted molar refractivity (Wildman–Crippen MR) is 81.3 cm³/mol. The zero-order chi connectivity index (χ0) is 14.3. The molecule has 0 heterocycles. The second-order valence-corrected chi connectivity index (χ2v) is 6.06. The fourth-order valence-corrected chi connectivity index (χ4v) is 1.96. The smallest absolute Gasteiger partial charge is 0.0467 e. The van der Waals surface area contributed by atoms with Gasteiger partial charge in [-0.2, -0.15) is 0 Å². The molecule has 0 radical (unpaired) electrons. The van der Waals surface area contributed by atoms with Crippen molar-refractivity contribution < 1.29 is 4.74 Å². The number of aryl methyl sites for hydroxylation is 1. The number of nitrogens with one attached hydrogen (secondary N) is 1. The number of methoxy groups -OCH3 is 1. The van der Waals surface area contributed by atoms with Crippen molar-refractivity contribution >= 4 is 0 Å². The van der Waals surface area contributed by atoms with E-state index in [0.29, 0.717) is 0 Å². The molecule has 1 atom stereocenters. The Labute approximate surface area is 117 Å². The molecule has 0 bridgehead atoms. The number of ether oxygens (including phenoxy) is 1. The van der Waals surface area contributed by atoms with Gasteiger partial charge in [0.2, 0.25) is 0 Å². The van der Waals surface area contributed by atoms with Gasteiger partial charge in [0.25, 0.3) is 0 Å². The lowest BCUT2D eigenvalue weighted by Gasteiger charge is -2.25. The van der Waals surface area contributed by atoms with Gasteiger partial charge in [0.15, 0.2) is 0 Å². The third-order valence-corrected chi connectivity index (χ3v) is 3.46. The lowest BCUT2D eigenvalue weighted by Crippen LogP contribution is -2.35. The monoisotopic (exact) mass is 264 g/mol. The molecule has 108 valence electrons. The molecule has 3 N–H and O–H groups in total. The zero-order valence-corrected chi connectivity index (χ0v) is 12.7. The number of hydrogen-bond acceptors (Lipinski definition) is 3. The van der Waals surface area contributed by atoms with Crippen LogP contribution >= 0.6 is 0 Å². The van der Waals surface area contributed by atoms with E-state index in [4.69, 9.17) is 10.5 Å². The van der Waals surface area contributed by atoms with E-state index in [9.17, 15) is 0 Å². The molecule has 0 saturated heterocycles. The first-order chi connectivity index (χ1) is 8.94. The maximum Gasteiger partial charge on any atom is 0.0467 e. The Bertz CT molecular complexity index is 360. The van der Waals surface area contributed by atoms with E-state index in [-0.39, 0.29) is 11.5 Å². The van der Waals surface area contributed by atoms with E-state index in [1.165, 1.54) is 11.1 Å². The minimum Gasteiger partial charge on any atom is -0.385 e. The summed E-state index contributed by atoms with van der Waals surface area (Å²) in [6.07, 6.45) is 1.05. The van der Waals surface area contributed by atoms with Crippen LogP contribution in [0.2, 0.25) is 0 Å². The highest BCUT2D eigenvalue weighted by Gasteiger charge is 2.17. The molecule has 0 amide bonds. The lowest BCUT2D eigenvalue weighted by atomic mass is 9.89. The number of benzene rings is 1. The van der Waals surface area contributed by atoms with Crippen LogP contribution in [0.1, 0.15) is 37.4 Å². The van der Waals surface area contributed by atoms with Gasteiger partial charge in [-0.05, 0) is 24.3 Å². The quantitative estimate of drug-likeness (QED) is 0.759. The van der Waals surface area contributed by atoms with Crippen molar-refractivity contribution in [3.8, 4) is 0 Å². The maximum atomic E-state index is 6.19. The molecular weight excluding hydrogens is 236 g/mol. The SMILES string of the molecule is COCCC(C)(C)CNCC(N)c1ccc(C)cc1. The van der Waals surface area contributed by atoms with Crippen LogP contribution < -0.4 is 11.1 Å². The van der Waals surface area contributed by atoms with Crippen LogP contribution in [0.3, 0.4) is 0 Å². The topological polar surface area (TPSA) is 47.3 Å². The minimum absolute atomic E-state index is 0.0545. The van der Waals surface area contributed by atoms with Crippen molar-refractivity contribution in [2.75, 3.05) is 26.8 Å². The molecule has 0 aliphatic heterocycles. The molecule has 0 aliphatic rings. The first-order valence-electron chi connectivity index (χ1n) is 6.96. The third kappa shape index (κ3) is 6.19. The van der Waals surface area contributed by atoms with Crippen LogP contribution in [-0.2, 0) is 4.74 Å². The Morgan fingerprint density at radius 2 is 1.89 bits per heavy atom. The van der Waals surface area contributed by atoms with Gasteiger partial charge in [-0.3, -0.25) is 0 Å². The normalized spacial score (nSPS) is 13.5. The Morgan fingerprint density at radius 1 is 1.26 bits per heavy atom. The summed E-state index contributed by atoms with van der Waals surface area (Å²) in [6.45, 7) is 9.15. The van der Waals surface area contributed by atoms with Crippen LogP contribution in [0.15, 0.2) is 24.3 Å². The van der Waals surface area contributed by atoms with Gasteiger partial charge in [0.1, 0.15) is 0 Å². The fourth-order valence-electron chi connectivity index (χ4n) is 1.96. The van der Waals surface area contributed by atoms with Crippen LogP contribution in [0.25, 0.3) is 0 Å². The molecule has 3 heteroatoms. The molecule has 0 fully saturated rings. The van der Waals surface area contributed by atoms with Gasteiger partial charge < -0.3 is 15.8 Å². The average Bonchev–Trinajstić information content (AvgIpc) is 2.37. The van der Waals surface area contributed by atoms with Gasteiger partial charge in [-0.15, -0.1) is 0 Å². The highest BCUT2D eigenvalue weighted by Crippen LogP contribution is 2.19. The molecule has 0 aliphatic carbocycles. The summed E-state index contributed by atoms with van der Waals surface area (Å²) in [5.41, 5.74) is 8.88. The summed E-state index contributed by atoms with van der Waals surface area (Å²) < 4.78 is 5.13. The molecule has 1 aromatic carbocycles. The molecule has 3 nitrogen and oxygen atoms in total. The number of hydrogen-bond donors (Lipinski definition) is 2. The Morgan fingerprint density at radius 3 is 2.47 bits per heavy atom. The Hall–Kier alpha value is -0.900. The van der Waals surface area contributed by atoms with Crippen molar-refractivity contribution in [3.05, 3.63) is 35.4 Å². The maximum absolute atomic E-state index is 6.19. The summed E-state index contributed by atoms with van der Waals surface area (Å²) >= 11 is 0. The number of nitrogens with two attached hydrogens (primary N) is 1. The summed E-state index contributed by atoms with van der Waals surface area (Å²) in [5.74, 6) is 0. The fraction of sp³-hybridized carbons (Fsp3) is 0.625. The average molecular weight is 264 g/mol. The first-order valence-corrected chi connectivity index (χ1v) is 6.96. The van der Waals surface area contributed by atoms with Gasteiger partial charge in [0, 0.05) is 32.8 Å². The third-order valence-electron chi connectivity index (χ3n) is 3.46. The Balaban J connectivity index is 2.34. The highest BCUT2D eigenvalue weighted by atomic mass is 16.5. The van der Waals surface area contributed by atoms with Crippen LogP contribution in [0, 0.1) is 12.3 Å². The summed E-state index contributed by atoms with van der Waals surface area (Å²) in [5, 5.41) is 3.47. The molecule has 0 aromatic heterocycles. The molecular formula is C16H28N2O. The van der Waals surface area contributed by atoms with Crippen LogP contribution in [-0.4, -0.2) is 26.8 Å². The second kappa shape index (κ2) is 7.63. The molecule has 0 spiro atoms. The molecule has 1 unspecified atom stereocenters. The van der Waals surface area contributed by atoms with E-state index < -0.39 is 0 Å². The lowest BCUT2D eigenvalue weighted by molar-refractivity contribution is 0.150. The summed E-state index contributed by atoms with van der Waals surface area (Å²) in [7, 11) is 1.75. The van der Waals surface area contributed by atoms with Crippen molar-refractivity contribution in [1.29, 1.82) is 0 Å². The summed E-state index contributed by atoms with van der Waals surface area (Å²) in [6, 6.07) is 8.49. The standard InChI is InChI=1S/C16H28N2O/c1-13-5-7-14(8-6-13)15(17)11-18-12-16(2,3)9-10-19-4/h5-8,15,18H,9-12,17H2,1-4H3. The van der Waals surface area contributed by atoms with E-state index >= 15 is 0 Å². The predicted octanol–water partition coefficient (Wildman–Crippen LogP) is 2.65. The van der Waals surface area contributed by atoms with E-state index in [1.54, 1.807) is 7.11 Å². The molecule has 1 rings (SSSR count). The molecule has 19 heavy (non-hydrogen) atoms. The minimum atomic E-state index is 0.0545. The van der Waals surface area contributed by atoms with Crippen molar-refractivity contribution in [1.82, 2.24) is 5.32 Å². The summed E-state index contributed by atoms with van der Waals surface area (Å²) in [4.78, 5) is 0. The van der Waals surface area contributed by atoms with Crippen LogP contribution in [0.5, 0.6) is 0 Å². The van der Waals surface area contributed by atoms with Gasteiger partial charge in [0.05, 0.1) is 0 Å². The molecule has 1 aromatic rings. The van der Waals surface area contributed by atoms with E-state index in [0.717, 1.165) is 26.1 Å². The largest absolute Gasteiger partial charge is 0.385 e. The molecule has 0 saturated carbocycles. The zero-order valence-electron chi connectivity index (χ0n) is 12.7. The second-order valence-electron chi connectivity index (χ2n) is 6.06. The van der Waals surface area contributed by atoms with Crippen molar-refractivity contribution in [2.24, 2.45) is 11.1 Å². The van der Waals surface area contributed by atoms with Gasteiger partial charge >= 0.3 is 0 Å². The van der Waals surface area contributed by atoms with Gasteiger partial charge in [-0.1, -0.05) is 43.7 Å². The van der Waals surface area contributed by atoms with E-state index in [1.807, 2.05) is 0 Å². The van der Waals surface area contributed by atoms with Crippen molar-refractivity contribution in [3.63, 3.8) is 0 Å². The highest BCUT2D eigenvalue weighted by molar-refractivity contribution is 5.24. The number of rotatable bonds is 8.